The van der Waals surface area contributed by atoms with Gasteiger partial charge in [0.25, 0.3) is 0 Å². The average molecular weight is 430 g/mol. The van der Waals surface area contributed by atoms with Crippen molar-refractivity contribution in [1.29, 1.82) is 0 Å². The number of hydrogen-bond donors (Lipinski definition) is 2. The number of primary amides is 1. The van der Waals surface area contributed by atoms with Crippen LogP contribution in [0.3, 0.4) is 0 Å². The summed E-state index contributed by atoms with van der Waals surface area (Å²) in [7, 11) is 0. The molecule has 1 aliphatic heterocycles. The highest BCUT2D eigenvalue weighted by Gasteiger charge is 2.36. The van der Waals surface area contributed by atoms with Crippen LogP contribution in [0.1, 0.15) is 24.0 Å². The number of carbonyl (C=O) groups excluding carboxylic acids is 3. The number of benzene rings is 2. The van der Waals surface area contributed by atoms with Crippen molar-refractivity contribution in [3.8, 4) is 0 Å². The van der Waals surface area contributed by atoms with Gasteiger partial charge in [0.1, 0.15) is 18.7 Å². The topological polar surface area (TPSA) is 102 Å². The van der Waals surface area contributed by atoms with E-state index in [0.717, 1.165) is 11.1 Å². The third-order valence-corrected chi connectivity index (χ3v) is 5.22. The lowest BCUT2D eigenvalue weighted by Gasteiger charge is -2.25. The number of nitrogens with two attached hydrogens (primary N) is 1. The zero-order valence-corrected chi connectivity index (χ0v) is 17.2. The van der Waals surface area contributed by atoms with Gasteiger partial charge in [-0.05, 0) is 36.1 Å². The highest BCUT2D eigenvalue weighted by Crippen LogP contribution is 2.20. The van der Waals surface area contributed by atoms with E-state index in [0.29, 0.717) is 24.4 Å². The first-order valence-electron chi connectivity index (χ1n) is 9.75. The Kier molecular flexibility index (Phi) is 7.30. The van der Waals surface area contributed by atoms with Gasteiger partial charge in [0.15, 0.2) is 0 Å². The summed E-state index contributed by atoms with van der Waals surface area (Å²) in [6, 6.07) is 14.7. The Bertz CT molecular complexity index is 906. The van der Waals surface area contributed by atoms with Gasteiger partial charge in [-0.15, -0.1) is 0 Å². The second-order valence-electron chi connectivity index (χ2n) is 7.19. The van der Waals surface area contributed by atoms with Crippen molar-refractivity contribution < 1.29 is 19.1 Å². The number of ether oxygens (including phenoxy) is 1. The Hall–Kier alpha value is -3.06. The molecular formula is C22H24ClN3O4. The third kappa shape index (κ3) is 5.73. The standard InChI is InChI=1S/C22H24ClN3O4/c23-17-9-4-8-16(12-17)13-18(20(24)27)25-21(28)19-10-5-11-26(19)22(29)30-14-15-6-2-1-3-7-15/h1-4,6-9,12,18-19H,5,10-11,13-14H2,(H2,24,27)(H,25,28)/t18-,19+/m0/s1. The molecule has 2 aromatic rings. The van der Waals surface area contributed by atoms with Crippen LogP contribution in [0.2, 0.25) is 5.02 Å². The largest absolute Gasteiger partial charge is 0.445 e. The molecule has 1 heterocycles. The summed E-state index contributed by atoms with van der Waals surface area (Å²) in [5.74, 6) is -1.07. The van der Waals surface area contributed by atoms with E-state index >= 15 is 0 Å². The highest BCUT2D eigenvalue weighted by atomic mass is 35.5. The first-order valence-corrected chi connectivity index (χ1v) is 10.1. The predicted molar refractivity (Wildman–Crippen MR) is 113 cm³/mol. The van der Waals surface area contributed by atoms with E-state index < -0.39 is 30.0 Å². The molecule has 3 N–H and O–H groups in total. The molecule has 0 saturated carbocycles. The molecule has 3 rings (SSSR count). The smallest absolute Gasteiger partial charge is 0.410 e. The molecule has 1 aliphatic rings. The number of amides is 3. The molecule has 1 fully saturated rings. The van der Waals surface area contributed by atoms with Crippen LogP contribution in [0.5, 0.6) is 0 Å². The molecule has 0 aromatic heterocycles. The third-order valence-electron chi connectivity index (χ3n) is 4.98. The number of nitrogens with zero attached hydrogens (tertiary/aromatic N) is 1. The molecular weight excluding hydrogens is 406 g/mol. The van der Waals surface area contributed by atoms with Gasteiger partial charge in [-0.1, -0.05) is 54.1 Å². The number of carbonyl (C=O) groups is 3. The van der Waals surface area contributed by atoms with Gasteiger partial charge in [0.05, 0.1) is 0 Å². The van der Waals surface area contributed by atoms with E-state index in [-0.39, 0.29) is 13.0 Å². The number of nitrogens with one attached hydrogen (secondary N) is 1. The molecule has 7 nitrogen and oxygen atoms in total. The maximum Gasteiger partial charge on any atom is 0.410 e. The summed E-state index contributed by atoms with van der Waals surface area (Å²) in [6.45, 7) is 0.546. The maximum absolute atomic E-state index is 12.8. The maximum atomic E-state index is 12.8. The van der Waals surface area contributed by atoms with Crippen LogP contribution in [-0.2, 0) is 27.4 Å². The minimum Gasteiger partial charge on any atom is -0.445 e. The Morgan fingerprint density at radius 2 is 1.87 bits per heavy atom. The summed E-state index contributed by atoms with van der Waals surface area (Å²) in [5, 5.41) is 3.21. The fourth-order valence-electron chi connectivity index (χ4n) is 3.45. The molecule has 3 amide bonds. The Morgan fingerprint density at radius 1 is 1.13 bits per heavy atom. The van der Waals surface area contributed by atoms with Crippen molar-refractivity contribution in [3.05, 3.63) is 70.7 Å². The minimum atomic E-state index is -0.904. The number of likely N-dealkylation sites (tertiary alicyclic amines) is 1. The summed E-state index contributed by atoms with van der Waals surface area (Å²) < 4.78 is 5.35. The normalized spacial score (nSPS) is 16.7. The van der Waals surface area contributed by atoms with Crippen LogP contribution in [0.25, 0.3) is 0 Å². The Labute approximate surface area is 180 Å². The van der Waals surface area contributed by atoms with Crippen molar-refractivity contribution >= 4 is 29.5 Å². The second-order valence-corrected chi connectivity index (χ2v) is 7.63. The first-order chi connectivity index (χ1) is 14.4. The van der Waals surface area contributed by atoms with Crippen molar-refractivity contribution in [3.63, 3.8) is 0 Å². The summed E-state index contributed by atoms with van der Waals surface area (Å²) in [5.41, 5.74) is 7.12. The monoisotopic (exact) mass is 429 g/mol. The molecule has 0 aliphatic carbocycles. The number of halogens is 1. The second kappa shape index (κ2) is 10.1. The van der Waals surface area contributed by atoms with E-state index in [4.69, 9.17) is 22.1 Å². The van der Waals surface area contributed by atoms with Crippen molar-refractivity contribution in [2.75, 3.05) is 6.54 Å². The van der Waals surface area contributed by atoms with Gasteiger partial charge in [0, 0.05) is 18.0 Å². The Balaban J connectivity index is 1.60. The van der Waals surface area contributed by atoms with E-state index in [1.54, 1.807) is 24.3 Å². The lowest BCUT2D eigenvalue weighted by molar-refractivity contribution is -0.130. The lowest BCUT2D eigenvalue weighted by atomic mass is 10.0. The molecule has 0 radical (unpaired) electrons. The molecule has 2 aromatic carbocycles. The van der Waals surface area contributed by atoms with Gasteiger partial charge >= 0.3 is 6.09 Å². The van der Waals surface area contributed by atoms with Crippen LogP contribution in [0.15, 0.2) is 54.6 Å². The molecule has 0 unspecified atom stereocenters. The van der Waals surface area contributed by atoms with Crippen LogP contribution in [0, 0.1) is 0 Å². The van der Waals surface area contributed by atoms with Gasteiger partial charge < -0.3 is 15.8 Å². The number of rotatable bonds is 7. The minimum absolute atomic E-state index is 0.128. The first kappa shape index (κ1) is 21.6. The SMILES string of the molecule is NC(=O)[C@H](Cc1cccc(Cl)c1)NC(=O)[C@H]1CCCN1C(=O)OCc1ccccc1. The molecule has 30 heavy (non-hydrogen) atoms. The van der Waals surface area contributed by atoms with Gasteiger partial charge in [-0.25, -0.2) is 4.79 Å². The molecule has 0 spiro atoms. The molecule has 158 valence electrons. The lowest BCUT2D eigenvalue weighted by Crippen LogP contribution is -2.53. The van der Waals surface area contributed by atoms with Crippen LogP contribution in [-0.4, -0.2) is 41.4 Å². The van der Waals surface area contributed by atoms with Gasteiger partial charge in [-0.3, -0.25) is 14.5 Å². The Morgan fingerprint density at radius 3 is 2.57 bits per heavy atom. The van der Waals surface area contributed by atoms with Gasteiger partial charge in [0.2, 0.25) is 11.8 Å². The van der Waals surface area contributed by atoms with E-state index in [1.165, 1.54) is 4.90 Å². The fourth-order valence-corrected chi connectivity index (χ4v) is 3.66. The highest BCUT2D eigenvalue weighted by molar-refractivity contribution is 6.30. The predicted octanol–water partition coefficient (Wildman–Crippen LogP) is 2.65. The van der Waals surface area contributed by atoms with Crippen molar-refractivity contribution in [1.82, 2.24) is 10.2 Å². The molecule has 0 bridgehead atoms. The molecule has 1 saturated heterocycles. The van der Waals surface area contributed by atoms with Crippen LogP contribution in [0.4, 0.5) is 4.79 Å². The average Bonchev–Trinajstić information content (AvgIpc) is 3.22. The summed E-state index contributed by atoms with van der Waals surface area (Å²) in [6.07, 6.45) is 0.831. The van der Waals surface area contributed by atoms with E-state index in [9.17, 15) is 14.4 Å². The van der Waals surface area contributed by atoms with Crippen LogP contribution < -0.4 is 11.1 Å². The van der Waals surface area contributed by atoms with Gasteiger partial charge in [-0.2, -0.15) is 0 Å². The fraction of sp³-hybridized carbons (Fsp3) is 0.318. The van der Waals surface area contributed by atoms with Crippen molar-refractivity contribution in [2.45, 2.75) is 38.0 Å². The number of hydrogen-bond acceptors (Lipinski definition) is 4. The molecule has 8 heteroatoms. The zero-order valence-electron chi connectivity index (χ0n) is 16.4. The zero-order chi connectivity index (χ0) is 21.5. The van der Waals surface area contributed by atoms with E-state index in [2.05, 4.69) is 5.32 Å². The van der Waals surface area contributed by atoms with Crippen molar-refractivity contribution in [2.24, 2.45) is 5.73 Å². The quantitative estimate of drug-likeness (QED) is 0.706. The summed E-state index contributed by atoms with van der Waals surface area (Å²) >= 11 is 5.98. The summed E-state index contributed by atoms with van der Waals surface area (Å²) in [4.78, 5) is 38.6. The van der Waals surface area contributed by atoms with Crippen LogP contribution >= 0.6 is 11.6 Å². The van der Waals surface area contributed by atoms with E-state index in [1.807, 2.05) is 30.3 Å². The molecule has 2 atom stereocenters.